The highest BCUT2D eigenvalue weighted by atomic mass is 16.4. The Morgan fingerprint density at radius 2 is 1.26 bits per heavy atom. The molecule has 1 aromatic rings. The lowest BCUT2D eigenvalue weighted by Crippen LogP contribution is -2.58. The summed E-state index contributed by atoms with van der Waals surface area (Å²) < 4.78 is 0. The number of primary amides is 2. The maximum absolute atomic E-state index is 13.8. The van der Waals surface area contributed by atoms with E-state index in [1.807, 2.05) is 0 Å². The summed E-state index contributed by atoms with van der Waals surface area (Å²) in [7, 11) is 0. The third kappa shape index (κ3) is 13.8. The van der Waals surface area contributed by atoms with Crippen molar-refractivity contribution in [2.45, 2.75) is 101 Å². The maximum atomic E-state index is 13.8. The average molecular weight is 802 g/mol. The minimum Gasteiger partial charge on any atom is -0.480 e. The van der Waals surface area contributed by atoms with Crippen molar-refractivity contribution in [3.63, 3.8) is 0 Å². The fraction of sp³-hybridized carbons (Fsp3) is 0.556. The summed E-state index contributed by atoms with van der Waals surface area (Å²) in [6.45, 7) is 0.00180. The molecular weight excluding hydrogens is 750 g/mol. The van der Waals surface area contributed by atoms with Gasteiger partial charge >= 0.3 is 5.97 Å². The second kappa shape index (κ2) is 21.8. The number of nitrogens with zero attached hydrogens (tertiary/aromatic N) is 2. The fourth-order valence-electron chi connectivity index (χ4n) is 6.62. The number of nitrogens with one attached hydrogen (secondary N) is 5. The van der Waals surface area contributed by atoms with Gasteiger partial charge in [-0.05, 0) is 44.1 Å². The van der Waals surface area contributed by atoms with Crippen LogP contribution in [0.15, 0.2) is 30.3 Å². The first-order valence-electron chi connectivity index (χ1n) is 18.5. The highest BCUT2D eigenvalue weighted by Crippen LogP contribution is 2.25. The number of carboxylic acids is 1. The van der Waals surface area contributed by atoms with Crippen LogP contribution in [0.1, 0.15) is 63.9 Å². The molecule has 21 nitrogen and oxygen atoms in total. The number of aliphatic carboxylic acids is 1. The van der Waals surface area contributed by atoms with Crippen molar-refractivity contribution in [1.29, 1.82) is 0 Å². The Hall–Kier alpha value is -6.12. The van der Waals surface area contributed by atoms with E-state index in [1.165, 1.54) is 9.80 Å². The number of hydrogen-bond donors (Lipinski definition) is 9. The second-order valence-electron chi connectivity index (χ2n) is 13.8. The number of benzene rings is 1. The number of nitrogens with two attached hydrogens (primary N) is 2. The number of aliphatic hydroxyl groups is 1. The van der Waals surface area contributed by atoms with Crippen LogP contribution in [-0.2, 0) is 54.4 Å². The summed E-state index contributed by atoms with van der Waals surface area (Å²) in [4.78, 5) is 129. The number of rotatable bonds is 21. The van der Waals surface area contributed by atoms with Gasteiger partial charge in [0.15, 0.2) is 0 Å². The Bertz CT molecular complexity index is 1680. The largest absolute Gasteiger partial charge is 0.480 e. The van der Waals surface area contributed by atoms with E-state index in [-0.39, 0.29) is 58.0 Å². The first-order valence-corrected chi connectivity index (χ1v) is 18.5. The lowest BCUT2D eigenvalue weighted by molar-refractivity contribution is -0.147. The van der Waals surface area contributed by atoms with Crippen LogP contribution < -0.4 is 38.1 Å². The summed E-state index contributed by atoms with van der Waals surface area (Å²) in [6, 6.07) is 1.15. The molecule has 21 heteroatoms. The molecule has 3 rings (SSSR count). The smallest absolute Gasteiger partial charge is 0.326 e. The van der Waals surface area contributed by atoms with E-state index >= 15 is 0 Å². The zero-order chi connectivity index (χ0) is 42.2. The van der Waals surface area contributed by atoms with E-state index in [9.17, 15) is 58.2 Å². The third-order valence-electron chi connectivity index (χ3n) is 9.51. The number of likely N-dealkylation sites (tertiary alicyclic amines) is 2. The Labute approximate surface area is 328 Å². The number of carbonyl (C=O) groups is 10. The molecule has 57 heavy (non-hydrogen) atoms. The van der Waals surface area contributed by atoms with Gasteiger partial charge in [0.25, 0.3) is 0 Å². The predicted octanol–water partition coefficient (Wildman–Crippen LogP) is -4.11. The van der Waals surface area contributed by atoms with Crippen LogP contribution >= 0.6 is 0 Å². The number of aliphatic hydroxyl groups excluding tert-OH is 1. The van der Waals surface area contributed by atoms with Gasteiger partial charge < -0.3 is 58.1 Å². The van der Waals surface area contributed by atoms with Gasteiger partial charge in [0, 0.05) is 39.3 Å². The van der Waals surface area contributed by atoms with E-state index in [0.717, 1.165) is 6.92 Å². The van der Waals surface area contributed by atoms with E-state index in [0.29, 0.717) is 18.4 Å². The normalized spacial score (nSPS) is 18.3. The molecule has 2 aliphatic rings. The molecule has 2 saturated heterocycles. The van der Waals surface area contributed by atoms with Crippen molar-refractivity contribution in [2.75, 3.05) is 26.2 Å². The summed E-state index contributed by atoms with van der Waals surface area (Å²) in [6.07, 6.45) is 0.0541. The van der Waals surface area contributed by atoms with Crippen molar-refractivity contribution in [1.82, 2.24) is 36.4 Å². The standard InChI is InChI=1S/C36H51N9O12/c1-20(47)40-25(19-46)33(53)42-23(12-14-29(38)49)32(52)41-22(11-13-28(37)48)31(51)39-18-30(50)44-15-6-10-27(44)35(55)45-16-5-9-26(45)34(54)43-24(36(56)57)17-21-7-3-2-4-8-21/h2-4,7-8,22-27,46H,5-6,9-19H2,1H3,(H2,37,48)(H2,38,49)(H,39,51)(H,40,47)(H,41,52)(H,42,53)(H,43,54)(H,56,57)/t22-,23-,24-,25-,26-,27-/m0/s1. The zero-order valence-electron chi connectivity index (χ0n) is 31.6. The Balaban J connectivity index is 1.67. The van der Waals surface area contributed by atoms with Crippen molar-refractivity contribution >= 4 is 59.1 Å². The van der Waals surface area contributed by atoms with Crippen LogP contribution in [0.5, 0.6) is 0 Å². The van der Waals surface area contributed by atoms with Gasteiger partial charge in [0.1, 0.15) is 36.3 Å². The molecule has 1 aromatic carbocycles. The number of carbonyl (C=O) groups excluding carboxylic acids is 9. The minimum absolute atomic E-state index is 0.0314. The molecule has 0 spiro atoms. The highest BCUT2D eigenvalue weighted by molar-refractivity contribution is 5.97. The maximum Gasteiger partial charge on any atom is 0.326 e. The lowest BCUT2D eigenvalue weighted by Gasteiger charge is -2.31. The van der Waals surface area contributed by atoms with Crippen LogP contribution in [0.4, 0.5) is 0 Å². The molecule has 2 heterocycles. The van der Waals surface area contributed by atoms with Crippen LogP contribution in [0.2, 0.25) is 0 Å². The SMILES string of the molecule is CC(=O)N[C@@H](CO)C(=O)N[C@@H](CCC(N)=O)C(=O)N[C@@H](CCC(N)=O)C(=O)NCC(=O)N1CCC[C@H]1C(=O)N1CCC[C@H]1C(=O)N[C@@H](Cc1ccccc1)C(=O)O. The van der Waals surface area contributed by atoms with Gasteiger partial charge in [-0.1, -0.05) is 30.3 Å². The number of carboxylic acid groups (broad SMARTS) is 1. The molecule has 0 aromatic heterocycles. The summed E-state index contributed by atoms with van der Waals surface area (Å²) in [5.41, 5.74) is 11.2. The molecule has 11 N–H and O–H groups in total. The fourth-order valence-corrected chi connectivity index (χ4v) is 6.62. The van der Waals surface area contributed by atoms with Gasteiger partial charge in [-0.3, -0.25) is 43.2 Å². The molecule has 0 bridgehead atoms. The molecule has 9 amide bonds. The Kier molecular flexibility index (Phi) is 17.3. The molecule has 0 aliphatic carbocycles. The Morgan fingerprint density at radius 1 is 0.719 bits per heavy atom. The number of hydrogen-bond acceptors (Lipinski definition) is 11. The van der Waals surface area contributed by atoms with Crippen LogP contribution in [0.25, 0.3) is 0 Å². The average Bonchev–Trinajstić information content (AvgIpc) is 3.87. The zero-order valence-corrected chi connectivity index (χ0v) is 31.6. The lowest BCUT2D eigenvalue weighted by atomic mass is 10.1. The van der Waals surface area contributed by atoms with E-state index in [1.54, 1.807) is 30.3 Å². The summed E-state index contributed by atoms with van der Waals surface area (Å²) >= 11 is 0. The van der Waals surface area contributed by atoms with Crippen LogP contribution in [0, 0.1) is 0 Å². The van der Waals surface area contributed by atoms with Crippen molar-refractivity contribution in [2.24, 2.45) is 11.5 Å². The molecule has 6 atom stereocenters. The second-order valence-corrected chi connectivity index (χ2v) is 13.8. The van der Waals surface area contributed by atoms with Crippen molar-refractivity contribution < 1.29 is 58.2 Å². The first-order chi connectivity index (χ1) is 27.0. The van der Waals surface area contributed by atoms with E-state index < -0.39 is 109 Å². The summed E-state index contributed by atoms with van der Waals surface area (Å²) in [5, 5.41) is 31.1. The molecule has 2 aliphatic heterocycles. The van der Waals surface area contributed by atoms with E-state index in [4.69, 9.17) is 11.5 Å². The molecule has 2 fully saturated rings. The van der Waals surface area contributed by atoms with Crippen LogP contribution in [-0.4, -0.2) is 142 Å². The molecular formula is C36H51N9O12. The van der Waals surface area contributed by atoms with Crippen molar-refractivity contribution in [3.8, 4) is 0 Å². The van der Waals surface area contributed by atoms with Crippen molar-refractivity contribution in [3.05, 3.63) is 35.9 Å². The van der Waals surface area contributed by atoms with Gasteiger partial charge in [0.2, 0.25) is 53.2 Å². The topological polar surface area (TPSA) is 330 Å². The van der Waals surface area contributed by atoms with Gasteiger partial charge in [0.05, 0.1) is 13.2 Å². The highest BCUT2D eigenvalue weighted by Gasteiger charge is 2.43. The minimum atomic E-state index is -1.50. The van der Waals surface area contributed by atoms with Gasteiger partial charge in [-0.2, -0.15) is 0 Å². The molecule has 0 radical (unpaired) electrons. The monoisotopic (exact) mass is 801 g/mol. The molecule has 0 unspecified atom stereocenters. The summed E-state index contributed by atoms with van der Waals surface area (Å²) in [5.74, 6) is -8.23. The van der Waals surface area contributed by atoms with Gasteiger partial charge in [-0.15, -0.1) is 0 Å². The molecule has 312 valence electrons. The first kappa shape index (κ1) is 45.3. The van der Waals surface area contributed by atoms with Gasteiger partial charge in [-0.25, -0.2) is 4.79 Å². The predicted molar refractivity (Wildman–Crippen MR) is 198 cm³/mol. The van der Waals surface area contributed by atoms with Crippen LogP contribution in [0.3, 0.4) is 0 Å². The Morgan fingerprint density at radius 3 is 1.81 bits per heavy atom. The quantitative estimate of drug-likeness (QED) is 0.0573. The molecule has 0 saturated carbocycles. The number of amides is 9. The van der Waals surface area contributed by atoms with E-state index in [2.05, 4.69) is 26.6 Å². The third-order valence-corrected chi connectivity index (χ3v) is 9.51.